The number of para-hydroxylation sites is 2. The molecule has 0 atom stereocenters. The topological polar surface area (TPSA) is 66.0 Å². The van der Waals surface area contributed by atoms with Crippen LogP contribution in [0.4, 0.5) is 5.95 Å². The fourth-order valence-electron chi connectivity index (χ4n) is 2.29. The van der Waals surface area contributed by atoms with Crippen LogP contribution in [0.2, 0.25) is 0 Å². The van der Waals surface area contributed by atoms with E-state index in [1.807, 2.05) is 36.4 Å². The highest BCUT2D eigenvalue weighted by atomic mass is 15.4. The lowest BCUT2D eigenvalue weighted by atomic mass is 10.2. The zero-order chi connectivity index (χ0) is 15.4. The molecule has 108 valence electrons. The maximum Gasteiger partial charge on any atom is 0.224 e. The molecule has 5 heteroatoms. The Morgan fingerprint density at radius 1 is 1.23 bits per heavy atom. The minimum Gasteiger partial charge on any atom is -0.309 e. The summed E-state index contributed by atoms with van der Waals surface area (Å²) in [5, 5.41) is 13.0. The third-order valence-electron chi connectivity index (χ3n) is 3.39. The van der Waals surface area contributed by atoms with Gasteiger partial charge >= 0.3 is 0 Å². The predicted octanol–water partition coefficient (Wildman–Crippen LogP) is 3.37. The van der Waals surface area contributed by atoms with E-state index in [1.165, 1.54) is 0 Å². The highest BCUT2D eigenvalue weighted by Gasteiger charge is 2.07. The molecule has 3 rings (SSSR count). The van der Waals surface area contributed by atoms with E-state index >= 15 is 0 Å². The second kappa shape index (κ2) is 6.10. The molecule has 22 heavy (non-hydrogen) atoms. The van der Waals surface area contributed by atoms with Crippen molar-refractivity contribution in [3.63, 3.8) is 0 Å². The first-order chi connectivity index (χ1) is 10.8. The minimum atomic E-state index is 0.637. The van der Waals surface area contributed by atoms with Gasteiger partial charge in [-0.2, -0.15) is 10.4 Å². The number of nitrogens with zero attached hydrogens (tertiary/aromatic N) is 4. The predicted molar refractivity (Wildman–Crippen MR) is 87.8 cm³/mol. The van der Waals surface area contributed by atoms with Crippen molar-refractivity contribution in [2.24, 2.45) is 5.10 Å². The lowest BCUT2D eigenvalue weighted by Crippen LogP contribution is -2.01. The molecule has 0 aliphatic carbocycles. The molecule has 0 unspecified atom stereocenters. The van der Waals surface area contributed by atoms with Crippen LogP contribution in [0, 0.1) is 11.3 Å². The average Bonchev–Trinajstić information content (AvgIpc) is 2.93. The first-order valence-electron chi connectivity index (χ1n) is 7.06. The summed E-state index contributed by atoms with van der Waals surface area (Å²) in [6, 6.07) is 17.3. The molecule has 3 aromatic rings. The number of anilines is 1. The normalized spacial score (nSPS) is 10.9. The molecule has 2 aromatic carbocycles. The van der Waals surface area contributed by atoms with E-state index < -0.39 is 0 Å². The summed E-state index contributed by atoms with van der Waals surface area (Å²) in [6.45, 7) is 2.89. The lowest BCUT2D eigenvalue weighted by Gasteiger charge is -2.04. The van der Waals surface area contributed by atoms with Crippen LogP contribution in [0.25, 0.3) is 11.0 Å². The Kier molecular flexibility index (Phi) is 3.84. The van der Waals surface area contributed by atoms with Gasteiger partial charge in [0.05, 0.1) is 28.9 Å². The van der Waals surface area contributed by atoms with E-state index in [1.54, 1.807) is 18.3 Å². The fraction of sp³-hybridized carbons (Fsp3) is 0.118. The van der Waals surface area contributed by atoms with Gasteiger partial charge in [0, 0.05) is 6.54 Å². The van der Waals surface area contributed by atoms with E-state index in [9.17, 15) is 0 Å². The zero-order valence-electron chi connectivity index (χ0n) is 12.2. The summed E-state index contributed by atoms with van der Waals surface area (Å²) in [4.78, 5) is 4.54. The van der Waals surface area contributed by atoms with Crippen molar-refractivity contribution >= 4 is 23.2 Å². The number of aryl methyl sites for hydroxylation is 1. The van der Waals surface area contributed by atoms with Crippen LogP contribution in [-0.2, 0) is 6.54 Å². The minimum absolute atomic E-state index is 0.637. The molecule has 0 aliphatic rings. The van der Waals surface area contributed by atoms with Gasteiger partial charge in [-0.25, -0.2) is 10.4 Å². The van der Waals surface area contributed by atoms with Gasteiger partial charge in [-0.1, -0.05) is 24.3 Å². The molecule has 0 radical (unpaired) electrons. The van der Waals surface area contributed by atoms with Gasteiger partial charge in [-0.3, -0.25) is 0 Å². The summed E-state index contributed by atoms with van der Waals surface area (Å²) < 4.78 is 2.07. The van der Waals surface area contributed by atoms with Gasteiger partial charge < -0.3 is 4.57 Å². The molecule has 0 fully saturated rings. The molecule has 0 saturated carbocycles. The molecule has 0 spiro atoms. The first kappa shape index (κ1) is 13.8. The Balaban J connectivity index is 1.81. The standard InChI is InChI=1S/C17H15N5/c1-2-22-16-6-4-3-5-15(16)20-17(22)21-19-12-14-9-7-13(11-18)8-10-14/h3-10,12H,2H2,1H3,(H,20,21)/b19-12-. The molecule has 1 aromatic heterocycles. The number of imidazole rings is 1. The third-order valence-corrected chi connectivity index (χ3v) is 3.39. The first-order valence-corrected chi connectivity index (χ1v) is 7.06. The van der Waals surface area contributed by atoms with Gasteiger partial charge in [0.25, 0.3) is 0 Å². The van der Waals surface area contributed by atoms with Crippen LogP contribution in [0.3, 0.4) is 0 Å². The molecule has 0 saturated heterocycles. The van der Waals surface area contributed by atoms with Crippen LogP contribution >= 0.6 is 0 Å². The van der Waals surface area contributed by atoms with E-state index in [0.717, 1.165) is 23.1 Å². The van der Waals surface area contributed by atoms with Crippen molar-refractivity contribution in [3.8, 4) is 6.07 Å². The Morgan fingerprint density at radius 2 is 2.00 bits per heavy atom. The van der Waals surface area contributed by atoms with Gasteiger partial charge in [-0.05, 0) is 36.8 Å². The number of fused-ring (bicyclic) bond motifs is 1. The lowest BCUT2D eigenvalue weighted by molar-refractivity contribution is 0.791. The summed E-state index contributed by atoms with van der Waals surface area (Å²) >= 11 is 0. The van der Waals surface area contributed by atoms with E-state index in [4.69, 9.17) is 5.26 Å². The van der Waals surface area contributed by atoms with Crippen molar-refractivity contribution < 1.29 is 0 Å². The highest BCUT2D eigenvalue weighted by Crippen LogP contribution is 2.19. The number of nitriles is 1. The van der Waals surface area contributed by atoms with E-state index in [0.29, 0.717) is 11.5 Å². The Labute approximate surface area is 128 Å². The number of hydrogen-bond acceptors (Lipinski definition) is 4. The Hall–Kier alpha value is -3.13. The zero-order valence-corrected chi connectivity index (χ0v) is 12.2. The maximum absolute atomic E-state index is 8.77. The second-order valence-corrected chi connectivity index (χ2v) is 4.77. The summed E-state index contributed by atoms with van der Waals surface area (Å²) in [5.41, 5.74) is 6.57. The SMILES string of the molecule is CCn1c(N/N=C\c2ccc(C#N)cc2)nc2ccccc21. The summed E-state index contributed by atoms with van der Waals surface area (Å²) in [5.74, 6) is 0.716. The van der Waals surface area contributed by atoms with Crippen molar-refractivity contribution in [3.05, 3.63) is 59.7 Å². The molecule has 0 bridgehead atoms. The number of hydrazone groups is 1. The van der Waals surface area contributed by atoms with Crippen molar-refractivity contribution in [2.75, 3.05) is 5.43 Å². The molecule has 5 nitrogen and oxygen atoms in total. The number of nitrogens with one attached hydrogen (secondary N) is 1. The van der Waals surface area contributed by atoms with Crippen LogP contribution in [-0.4, -0.2) is 15.8 Å². The van der Waals surface area contributed by atoms with Gasteiger partial charge in [0.1, 0.15) is 0 Å². The van der Waals surface area contributed by atoms with Crippen LogP contribution in [0.15, 0.2) is 53.6 Å². The number of benzene rings is 2. The Morgan fingerprint density at radius 3 is 2.73 bits per heavy atom. The average molecular weight is 289 g/mol. The van der Waals surface area contributed by atoms with Gasteiger partial charge in [0.15, 0.2) is 0 Å². The summed E-state index contributed by atoms with van der Waals surface area (Å²) in [6.07, 6.45) is 1.71. The molecular formula is C17H15N5. The largest absolute Gasteiger partial charge is 0.309 e. The number of rotatable bonds is 4. The monoisotopic (exact) mass is 289 g/mol. The molecular weight excluding hydrogens is 274 g/mol. The maximum atomic E-state index is 8.77. The molecule has 0 aliphatic heterocycles. The molecule has 1 N–H and O–H groups in total. The van der Waals surface area contributed by atoms with Gasteiger partial charge in [0.2, 0.25) is 5.95 Å². The number of hydrogen-bond donors (Lipinski definition) is 1. The Bertz CT molecular complexity index is 853. The summed E-state index contributed by atoms with van der Waals surface area (Å²) in [7, 11) is 0. The highest BCUT2D eigenvalue weighted by molar-refractivity contribution is 5.81. The van der Waals surface area contributed by atoms with Gasteiger partial charge in [-0.15, -0.1) is 0 Å². The third kappa shape index (κ3) is 2.67. The van der Waals surface area contributed by atoms with Crippen molar-refractivity contribution in [1.82, 2.24) is 9.55 Å². The van der Waals surface area contributed by atoms with Crippen LogP contribution in [0.1, 0.15) is 18.1 Å². The smallest absolute Gasteiger partial charge is 0.224 e. The van der Waals surface area contributed by atoms with Crippen molar-refractivity contribution in [2.45, 2.75) is 13.5 Å². The molecule has 1 heterocycles. The number of aromatic nitrogens is 2. The fourth-order valence-corrected chi connectivity index (χ4v) is 2.29. The van der Waals surface area contributed by atoms with Crippen LogP contribution in [0.5, 0.6) is 0 Å². The van der Waals surface area contributed by atoms with Crippen LogP contribution < -0.4 is 5.43 Å². The van der Waals surface area contributed by atoms with Crippen molar-refractivity contribution in [1.29, 1.82) is 5.26 Å². The van der Waals surface area contributed by atoms with E-state index in [-0.39, 0.29) is 0 Å². The van der Waals surface area contributed by atoms with E-state index in [2.05, 4.69) is 33.1 Å². The molecule has 0 amide bonds. The second-order valence-electron chi connectivity index (χ2n) is 4.77. The quantitative estimate of drug-likeness (QED) is 0.591.